The molecule has 132 valence electrons. The zero-order valence-corrected chi connectivity index (χ0v) is 15.3. The highest BCUT2D eigenvalue weighted by molar-refractivity contribution is 5.80. The van der Waals surface area contributed by atoms with E-state index in [4.69, 9.17) is 5.11 Å². The number of carbonyl (C=O) groups is 1. The van der Waals surface area contributed by atoms with Gasteiger partial charge in [-0.15, -0.1) is 0 Å². The van der Waals surface area contributed by atoms with Crippen molar-refractivity contribution in [2.45, 2.75) is 72.3 Å². The molecule has 0 amide bonds. The number of hydrogen-bond acceptors (Lipinski definition) is 3. The van der Waals surface area contributed by atoms with Gasteiger partial charge in [0.1, 0.15) is 5.78 Å². The van der Waals surface area contributed by atoms with Gasteiger partial charge in [0.15, 0.2) is 0 Å². The molecule has 0 bridgehead atoms. The first-order valence-electron chi connectivity index (χ1n) is 8.55. The minimum atomic E-state index is -0.506. The van der Waals surface area contributed by atoms with Crippen LogP contribution in [-0.2, 0) is 4.79 Å². The van der Waals surface area contributed by atoms with Crippen LogP contribution in [0.4, 0.5) is 0 Å². The molecule has 1 atom stereocenters. The summed E-state index contributed by atoms with van der Waals surface area (Å²) >= 11 is 0. The summed E-state index contributed by atoms with van der Waals surface area (Å²) in [5.41, 5.74) is 3.01. The number of carbonyl (C=O) groups excluding carboxylic acids is 1. The van der Waals surface area contributed by atoms with Gasteiger partial charge in [-0.25, -0.2) is 0 Å². The van der Waals surface area contributed by atoms with Crippen LogP contribution < -0.4 is 0 Å². The van der Waals surface area contributed by atoms with E-state index in [9.17, 15) is 9.90 Å². The second-order valence-electron chi connectivity index (χ2n) is 6.85. The maximum absolute atomic E-state index is 11.7. The van der Waals surface area contributed by atoms with Crippen molar-refractivity contribution < 1.29 is 15.0 Å². The van der Waals surface area contributed by atoms with Gasteiger partial charge in [-0.2, -0.15) is 0 Å². The lowest BCUT2D eigenvalue weighted by molar-refractivity contribution is -0.119. The third kappa shape index (κ3) is 12.0. The van der Waals surface area contributed by atoms with Crippen LogP contribution in [0.5, 0.6) is 0 Å². The molecule has 23 heavy (non-hydrogen) atoms. The van der Waals surface area contributed by atoms with Crippen molar-refractivity contribution in [3.05, 3.63) is 35.5 Å². The third-order valence-corrected chi connectivity index (χ3v) is 3.79. The minimum absolute atomic E-state index is 0.0441. The molecule has 0 radical (unpaired) electrons. The van der Waals surface area contributed by atoms with Gasteiger partial charge in [0.2, 0.25) is 0 Å². The maximum Gasteiger partial charge on any atom is 0.137 e. The third-order valence-electron chi connectivity index (χ3n) is 3.79. The van der Waals surface area contributed by atoms with Crippen LogP contribution in [-0.4, -0.2) is 28.7 Å². The van der Waals surface area contributed by atoms with E-state index in [1.54, 1.807) is 6.08 Å². The molecule has 2 N–H and O–H groups in total. The summed E-state index contributed by atoms with van der Waals surface area (Å²) in [4.78, 5) is 11.7. The van der Waals surface area contributed by atoms with Gasteiger partial charge >= 0.3 is 0 Å². The summed E-state index contributed by atoms with van der Waals surface area (Å²) in [6, 6.07) is 0. The Labute approximate surface area is 141 Å². The maximum atomic E-state index is 11.7. The lowest BCUT2D eigenvalue weighted by Crippen LogP contribution is -2.09. The molecular weight excluding hydrogens is 288 g/mol. The molecule has 3 heteroatoms. The van der Waals surface area contributed by atoms with Crippen LogP contribution in [0, 0.1) is 5.92 Å². The molecule has 0 rings (SSSR count). The Bertz CT molecular complexity index is 430. The molecule has 0 aromatic heterocycles. The van der Waals surface area contributed by atoms with Crippen molar-refractivity contribution in [2.24, 2.45) is 5.92 Å². The van der Waals surface area contributed by atoms with E-state index >= 15 is 0 Å². The highest BCUT2D eigenvalue weighted by Crippen LogP contribution is 2.17. The van der Waals surface area contributed by atoms with E-state index in [1.165, 1.54) is 0 Å². The van der Waals surface area contributed by atoms with Gasteiger partial charge in [-0.1, -0.05) is 43.7 Å². The highest BCUT2D eigenvalue weighted by Gasteiger charge is 2.09. The first kappa shape index (κ1) is 21.8. The molecule has 1 unspecified atom stereocenters. The molecule has 0 fully saturated rings. The second-order valence-corrected chi connectivity index (χ2v) is 6.85. The van der Waals surface area contributed by atoms with E-state index < -0.39 is 6.10 Å². The van der Waals surface area contributed by atoms with Gasteiger partial charge < -0.3 is 10.2 Å². The van der Waals surface area contributed by atoms with Crippen molar-refractivity contribution in [2.75, 3.05) is 6.61 Å². The number of allylic oxidation sites excluding steroid dienone is 3. The average molecular weight is 322 g/mol. The van der Waals surface area contributed by atoms with Gasteiger partial charge in [-0.3, -0.25) is 4.79 Å². The molecule has 0 aromatic rings. The Morgan fingerprint density at radius 3 is 2.35 bits per heavy atom. The van der Waals surface area contributed by atoms with Gasteiger partial charge in [0.25, 0.3) is 0 Å². The zero-order valence-electron chi connectivity index (χ0n) is 15.3. The van der Waals surface area contributed by atoms with E-state index in [2.05, 4.69) is 26.5 Å². The lowest BCUT2D eigenvalue weighted by atomic mass is 9.98. The van der Waals surface area contributed by atoms with Crippen LogP contribution in [0.25, 0.3) is 0 Å². The van der Waals surface area contributed by atoms with Crippen molar-refractivity contribution in [1.29, 1.82) is 0 Å². The predicted octanol–water partition coefficient (Wildman–Crippen LogP) is 4.35. The number of rotatable bonds is 12. The Hall–Kier alpha value is -1.19. The standard InChI is InChI=1S/C20H34O3/c1-15(2)13-19(22)14-17(4)7-6-8-18(5)20(23)10-9-16(3)11-12-21/h7,11,15,20-21,23H,5-6,8-10,12-14H2,1-4H3/b16-11+,17-7+. The molecule has 0 saturated carbocycles. The van der Waals surface area contributed by atoms with Crippen molar-refractivity contribution >= 4 is 5.78 Å². The molecule has 3 nitrogen and oxygen atoms in total. The number of aliphatic hydroxyl groups is 2. The minimum Gasteiger partial charge on any atom is -0.392 e. The monoisotopic (exact) mass is 322 g/mol. The summed E-state index contributed by atoms with van der Waals surface area (Å²) in [5, 5.41) is 18.9. The molecule has 0 aliphatic rings. The summed E-state index contributed by atoms with van der Waals surface area (Å²) in [5.74, 6) is 0.701. The van der Waals surface area contributed by atoms with Crippen LogP contribution >= 0.6 is 0 Å². The first-order chi connectivity index (χ1) is 10.8. The summed E-state index contributed by atoms with van der Waals surface area (Å²) in [6.45, 7) is 12.1. The molecule has 0 aromatic carbocycles. The van der Waals surface area contributed by atoms with Crippen LogP contribution in [0.15, 0.2) is 35.5 Å². The molecular formula is C20H34O3. The van der Waals surface area contributed by atoms with Gasteiger partial charge in [0, 0.05) is 12.8 Å². The van der Waals surface area contributed by atoms with E-state index in [0.29, 0.717) is 31.0 Å². The van der Waals surface area contributed by atoms with Gasteiger partial charge in [-0.05, 0) is 51.0 Å². The number of ketones is 1. The fraction of sp³-hybridized carbons (Fsp3) is 0.650. The quantitative estimate of drug-likeness (QED) is 0.525. The smallest absolute Gasteiger partial charge is 0.137 e. The number of Topliss-reactive ketones (excluding diaryl/α,β-unsaturated/α-hetero) is 1. The predicted molar refractivity (Wildman–Crippen MR) is 97.3 cm³/mol. The van der Waals surface area contributed by atoms with Crippen LogP contribution in [0.3, 0.4) is 0 Å². The topological polar surface area (TPSA) is 57.5 Å². The molecule has 0 saturated heterocycles. The Morgan fingerprint density at radius 2 is 1.78 bits per heavy atom. The molecule has 0 spiro atoms. The average Bonchev–Trinajstić information content (AvgIpc) is 2.43. The highest BCUT2D eigenvalue weighted by atomic mass is 16.3. The molecule has 0 heterocycles. The number of hydrogen-bond donors (Lipinski definition) is 2. The summed E-state index contributed by atoms with van der Waals surface area (Å²) < 4.78 is 0. The second kappa shape index (κ2) is 12.3. The zero-order chi connectivity index (χ0) is 17.8. The van der Waals surface area contributed by atoms with Crippen molar-refractivity contribution in [3.63, 3.8) is 0 Å². The lowest BCUT2D eigenvalue weighted by Gasteiger charge is -2.13. The van der Waals surface area contributed by atoms with Gasteiger partial charge in [0.05, 0.1) is 12.7 Å². The van der Waals surface area contributed by atoms with E-state index in [-0.39, 0.29) is 6.61 Å². The fourth-order valence-corrected chi connectivity index (χ4v) is 2.41. The van der Waals surface area contributed by atoms with Crippen LogP contribution in [0.1, 0.15) is 66.2 Å². The Kier molecular flexibility index (Phi) is 11.6. The molecule has 0 aliphatic heterocycles. The first-order valence-corrected chi connectivity index (χ1v) is 8.55. The Balaban J connectivity index is 4.10. The Morgan fingerprint density at radius 1 is 1.13 bits per heavy atom. The normalized spacial score (nSPS) is 14.2. The molecule has 0 aliphatic carbocycles. The number of aliphatic hydroxyl groups excluding tert-OH is 2. The largest absolute Gasteiger partial charge is 0.392 e. The SMILES string of the molecule is C=C(CC/C=C(\C)CC(=O)CC(C)C)C(O)CC/C(C)=C/CO. The fourth-order valence-electron chi connectivity index (χ4n) is 2.41. The van der Waals surface area contributed by atoms with Crippen molar-refractivity contribution in [3.8, 4) is 0 Å². The van der Waals surface area contributed by atoms with Crippen molar-refractivity contribution in [1.82, 2.24) is 0 Å². The summed E-state index contributed by atoms with van der Waals surface area (Å²) in [7, 11) is 0. The summed E-state index contributed by atoms with van der Waals surface area (Å²) in [6.07, 6.45) is 7.43. The van der Waals surface area contributed by atoms with E-state index in [1.807, 2.05) is 13.8 Å². The van der Waals surface area contributed by atoms with Crippen LogP contribution in [0.2, 0.25) is 0 Å². The van der Waals surface area contributed by atoms with E-state index in [0.717, 1.165) is 36.0 Å².